The van der Waals surface area contributed by atoms with Gasteiger partial charge < -0.3 is 9.64 Å². The van der Waals surface area contributed by atoms with Gasteiger partial charge in [-0.15, -0.1) is 0 Å². The first-order valence-corrected chi connectivity index (χ1v) is 8.82. The van der Waals surface area contributed by atoms with E-state index in [0.29, 0.717) is 11.4 Å². The zero-order chi connectivity index (χ0) is 17.8. The molecule has 0 radical (unpaired) electrons. The highest BCUT2D eigenvalue weighted by Crippen LogP contribution is 2.21. The van der Waals surface area contributed by atoms with Gasteiger partial charge in [0.25, 0.3) is 0 Å². The van der Waals surface area contributed by atoms with Gasteiger partial charge in [0, 0.05) is 18.5 Å². The quantitative estimate of drug-likeness (QED) is 0.767. The van der Waals surface area contributed by atoms with Crippen LogP contribution in [0.25, 0.3) is 10.9 Å². The number of nitrogens with zero attached hydrogens (tertiary/aromatic N) is 3. The normalized spacial score (nSPS) is 14.2. The van der Waals surface area contributed by atoms with Gasteiger partial charge in [-0.1, -0.05) is 18.2 Å². The van der Waals surface area contributed by atoms with Crippen molar-refractivity contribution in [2.75, 3.05) is 23.3 Å². The zero-order valence-electron chi connectivity index (χ0n) is 14.4. The summed E-state index contributed by atoms with van der Waals surface area (Å²) < 4.78 is 5.31. The molecule has 3 aromatic rings. The summed E-state index contributed by atoms with van der Waals surface area (Å²) in [7, 11) is 0. The maximum absolute atomic E-state index is 12.1. The van der Waals surface area contributed by atoms with Crippen LogP contribution in [0.3, 0.4) is 0 Å². The predicted molar refractivity (Wildman–Crippen MR) is 102 cm³/mol. The molecule has 1 aliphatic rings. The Bertz CT molecular complexity index is 905. The van der Waals surface area contributed by atoms with E-state index in [1.807, 2.05) is 36.4 Å². The summed E-state index contributed by atoms with van der Waals surface area (Å²) in [5.74, 6) is 1.34. The molecule has 0 saturated carbocycles. The summed E-state index contributed by atoms with van der Waals surface area (Å²) in [5, 5.41) is 3.66. The number of pyridine rings is 2. The topological polar surface area (TPSA) is 67.3 Å². The number of para-hydroxylation sites is 1. The molecule has 26 heavy (non-hydrogen) atoms. The first-order chi connectivity index (χ1) is 12.8. The lowest BCUT2D eigenvalue weighted by Crippen LogP contribution is -2.30. The molecule has 3 heterocycles. The van der Waals surface area contributed by atoms with E-state index in [-0.39, 0.29) is 0 Å². The fourth-order valence-corrected chi connectivity index (χ4v) is 3.13. The van der Waals surface area contributed by atoms with Gasteiger partial charge >= 0.3 is 6.09 Å². The lowest BCUT2D eigenvalue weighted by Gasteiger charge is -2.27. The molecule has 0 spiro atoms. The van der Waals surface area contributed by atoms with E-state index in [4.69, 9.17) is 4.74 Å². The third-order valence-corrected chi connectivity index (χ3v) is 4.45. The summed E-state index contributed by atoms with van der Waals surface area (Å²) in [4.78, 5) is 23.1. The minimum atomic E-state index is -0.561. The van der Waals surface area contributed by atoms with E-state index in [9.17, 15) is 4.79 Å². The largest absolute Gasteiger partial charge is 0.417 e. The second-order valence-electron chi connectivity index (χ2n) is 6.33. The number of fused-ring (bicyclic) bond motifs is 1. The molecule has 6 nitrogen and oxygen atoms in total. The Labute approximate surface area is 151 Å². The molecule has 1 aliphatic heterocycles. The number of carbonyl (C=O) groups excluding carboxylic acids is 1. The van der Waals surface area contributed by atoms with Gasteiger partial charge in [-0.25, -0.2) is 9.78 Å². The molecule has 1 N–H and O–H groups in total. The highest BCUT2D eigenvalue weighted by Gasteiger charge is 2.12. The smallest absolute Gasteiger partial charge is 0.408 e. The number of carbonyl (C=O) groups is 1. The van der Waals surface area contributed by atoms with Crippen LogP contribution in [0, 0.1) is 0 Å². The van der Waals surface area contributed by atoms with Crippen molar-refractivity contribution < 1.29 is 9.53 Å². The number of amides is 1. The zero-order valence-corrected chi connectivity index (χ0v) is 14.4. The Morgan fingerprint density at radius 2 is 1.85 bits per heavy atom. The van der Waals surface area contributed by atoms with Crippen LogP contribution >= 0.6 is 0 Å². The second kappa shape index (κ2) is 7.39. The average Bonchev–Trinajstić information content (AvgIpc) is 2.69. The van der Waals surface area contributed by atoms with Gasteiger partial charge in [0.1, 0.15) is 5.82 Å². The summed E-state index contributed by atoms with van der Waals surface area (Å²) in [6.45, 7) is 2.06. The number of hydrogen-bond acceptors (Lipinski definition) is 5. The second-order valence-corrected chi connectivity index (χ2v) is 6.33. The van der Waals surface area contributed by atoms with E-state index >= 15 is 0 Å². The molecule has 132 valence electrons. The number of ether oxygens (including phenoxy) is 1. The Morgan fingerprint density at radius 1 is 1.00 bits per heavy atom. The molecule has 1 saturated heterocycles. The fraction of sp³-hybridized carbons (Fsp3) is 0.250. The van der Waals surface area contributed by atoms with Crippen molar-refractivity contribution in [2.45, 2.75) is 19.3 Å². The molecule has 1 fully saturated rings. The molecular formula is C20H20N4O2. The number of rotatable bonds is 3. The summed E-state index contributed by atoms with van der Waals surface area (Å²) in [6, 6.07) is 13.3. The van der Waals surface area contributed by atoms with Crippen LogP contribution in [0.1, 0.15) is 19.3 Å². The first kappa shape index (κ1) is 16.3. The van der Waals surface area contributed by atoms with Crippen LogP contribution in [0.2, 0.25) is 0 Å². The molecule has 2 aromatic heterocycles. The average molecular weight is 348 g/mol. The standard InChI is InChI=1S/C20H20N4O2/c25-20(23-16-12-15-6-2-3-7-18(15)21-13-16)26-17-8-9-19(22-14-17)24-10-4-1-5-11-24/h2-3,6-9,12-14H,1,4-5,10-11H2,(H,23,25). The van der Waals surface area contributed by atoms with Crippen LogP contribution in [0.15, 0.2) is 54.9 Å². The number of hydrogen-bond donors (Lipinski definition) is 1. The Hall–Kier alpha value is -3.15. The van der Waals surface area contributed by atoms with Gasteiger partial charge in [-0.3, -0.25) is 10.3 Å². The molecule has 6 heteroatoms. The molecule has 4 rings (SSSR count). The Morgan fingerprint density at radius 3 is 2.65 bits per heavy atom. The van der Waals surface area contributed by atoms with Crippen LogP contribution < -0.4 is 15.0 Å². The first-order valence-electron chi connectivity index (χ1n) is 8.82. The van der Waals surface area contributed by atoms with Gasteiger partial charge in [0.15, 0.2) is 5.75 Å². The minimum absolute atomic E-state index is 0.414. The van der Waals surface area contributed by atoms with Crippen LogP contribution in [0.5, 0.6) is 5.75 Å². The summed E-state index contributed by atoms with van der Waals surface area (Å²) >= 11 is 0. The fourth-order valence-electron chi connectivity index (χ4n) is 3.13. The van der Waals surface area contributed by atoms with Crippen molar-refractivity contribution in [2.24, 2.45) is 0 Å². The minimum Gasteiger partial charge on any atom is -0.408 e. The van der Waals surface area contributed by atoms with E-state index in [2.05, 4.69) is 20.2 Å². The summed E-state index contributed by atoms with van der Waals surface area (Å²) in [6.07, 6.45) is 6.31. The molecule has 0 atom stereocenters. The molecule has 0 bridgehead atoms. The van der Waals surface area contributed by atoms with E-state index < -0.39 is 6.09 Å². The van der Waals surface area contributed by atoms with Gasteiger partial charge in [-0.05, 0) is 43.5 Å². The lowest BCUT2D eigenvalue weighted by molar-refractivity contribution is 0.215. The number of piperidine rings is 1. The SMILES string of the molecule is O=C(Nc1cnc2ccccc2c1)Oc1ccc(N2CCCCC2)nc1. The Kier molecular flexibility index (Phi) is 4.64. The van der Waals surface area contributed by atoms with Gasteiger partial charge in [-0.2, -0.15) is 0 Å². The molecule has 1 aromatic carbocycles. The van der Waals surface area contributed by atoms with Gasteiger partial charge in [0.2, 0.25) is 0 Å². The number of nitrogens with one attached hydrogen (secondary N) is 1. The van der Waals surface area contributed by atoms with Crippen molar-refractivity contribution in [1.29, 1.82) is 0 Å². The molecule has 1 amide bonds. The highest BCUT2D eigenvalue weighted by atomic mass is 16.6. The number of benzene rings is 1. The third kappa shape index (κ3) is 3.74. The molecule has 0 unspecified atom stereocenters. The number of anilines is 2. The molecular weight excluding hydrogens is 328 g/mol. The van der Waals surface area contributed by atoms with Crippen molar-refractivity contribution in [3.05, 3.63) is 54.9 Å². The monoisotopic (exact) mass is 348 g/mol. The van der Waals surface area contributed by atoms with Crippen molar-refractivity contribution in [3.8, 4) is 5.75 Å². The van der Waals surface area contributed by atoms with Gasteiger partial charge in [0.05, 0.1) is 23.6 Å². The number of aromatic nitrogens is 2. The maximum Gasteiger partial charge on any atom is 0.417 e. The van der Waals surface area contributed by atoms with Crippen LogP contribution in [-0.2, 0) is 0 Å². The van der Waals surface area contributed by atoms with E-state index in [0.717, 1.165) is 29.8 Å². The van der Waals surface area contributed by atoms with Crippen molar-refractivity contribution in [1.82, 2.24) is 9.97 Å². The molecule has 0 aliphatic carbocycles. The van der Waals surface area contributed by atoms with Crippen molar-refractivity contribution in [3.63, 3.8) is 0 Å². The van der Waals surface area contributed by atoms with E-state index in [1.165, 1.54) is 19.3 Å². The summed E-state index contributed by atoms with van der Waals surface area (Å²) in [5.41, 5.74) is 1.47. The predicted octanol–water partition coefficient (Wildman–Crippen LogP) is 4.23. The van der Waals surface area contributed by atoms with Crippen LogP contribution in [-0.4, -0.2) is 29.2 Å². The van der Waals surface area contributed by atoms with E-state index in [1.54, 1.807) is 18.5 Å². The highest BCUT2D eigenvalue weighted by molar-refractivity contribution is 5.89. The maximum atomic E-state index is 12.1. The van der Waals surface area contributed by atoms with Crippen LogP contribution in [0.4, 0.5) is 16.3 Å². The van der Waals surface area contributed by atoms with Crippen molar-refractivity contribution >= 4 is 28.5 Å². The lowest BCUT2D eigenvalue weighted by atomic mass is 10.1. The Balaban J connectivity index is 1.39. The third-order valence-electron chi connectivity index (χ3n) is 4.45.